The zero-order valence-corrected chi connectivity index (χ0v) is 17.6. The lowest BCUT2D eigenvalue weighted by molar-refractivity contribution is 0.728. The number of unbranched alkanes of at least 4 members (excludes halogenated alkanes) is 3. The van der Waals surface area contributed by atoms with Crippen LogP contribution < -0.4 is 15.6 Å². The molecular formula is C26H30Si. The predicted molar refractivity (Wildman–Crippen MR) is 122 cm³/mol. The van der Waals surface area contributed by atoms with Crippen molar-refractivity contribution in [2.45, 2.75) is 39.5 Å². The van der Waals surface area contributed by atoms with E-state index in [9.17, 15) is 0 Å². The van der Waals surface area contributed by atoms with E-state index in [1.165, 1.54) is 41.2 Å². The zero-order valence-electron chi connectivity index (χ0n) is 16.6. The lowest BCUT2D eigenvalue weighted by Crippen LogP contribution is -2.68. The van der Waals surface area contributed by atoms with E-state index in [0.717, 1.165) is 0 Å². The smallest absolute Gasteiger partial charge is 0.0885 e. The second-order valence-corrected chi connectivity index (χ2v) is 11.3. The maximum Gasteiger partial charge on any atom is 0.175 e. The van der Waals surface area contributed by atoms with Crippen molar-refractivity contribution in [3.63, 3.8) is 0 Å². The third-order valence-corrected chi connectivity index (χ3v) is 10.5. The van der Waals surface area contributed by atoms with E-state index in [-0.39, 0.29) is 0 Å². The minimum atomic E-state index is -2.23. The topological polar surface area (TPSA) is 0 Å². The van der Waals surface area contributed by atoms with Gasteiger partial charge in [-0.25, -0.2) is 0 Å². The van der Waals surface area contributed by atoms with Crippen molar-refractivity contribution < 1.29 is 0 Å². The molecule has 0 amide bonds. The summed E-state index contributed by atoms with van der Waals surface area (Å²) in [4.78, 5) is 0. The van der Waals surface area contributed by atoms with Crippen LogP contribution in [0.2, 0.25) is 0 Å². The molecule has 0 heterocycles. The van der Waals surface area contributed by atoms with Crippen LogP contribution in [0.5, 0.6) is 0 Å². The van der Waals surface area contributed by atoms with E-state index < -0.39 is 8.07 Å². The molecule has 1 heteroatoms. The standard InChI is InChI=1S/C26H30Si/c1-3-4-5-9-16-23(2)27(24-17-10-6-11-18-24,25-19-12-7-13-20-25)26-21-14-8-15-22-26/h6-8,10-22H,3-5,9H2,1-2H3/b23-16+. The first-order valence-corrected chi connectivity index (χ1v) is 12.1. The highest BCUT2D eigenvalue weighted by molar-refractivity contribution is 7.16. The largest absolute Gasteiger partial charge is 0.175 e. The van der Waals surface area contributed by atoms with Gasteiger partial charge in [0, 0.05) is 0 Å². The summed E-state index contributed by atoms with van der Waals surface area (Å²) in [6.07, 6.45) is 7.54. The van der Waals surface area contributed by atoms with Gasteiger partial charge >= 0.3 is 0 Å². The minimum absolute atomic E-state index is 1.17. The van der Waals surface area contributed by atoms with Gasteiger partial charge in [0.15, 0.2) is 8.07 Å². The highest BCUT2D eigenvalue weighted by atomic mass is 28.3. The molecule has 0 atom stereocenters. The SMILES string of the molecule is CCCCC/C=C(\C)[Si](c1ccccc1)(c1ccccc1)c1ccccc1. The molecule has 138 valence electrons. The number of benzene rings is 3. The summed E-state index contributed by atoms with van der Waals surface area (Å²) in [6, 6.07) is 33.5. The lowest BCUT2D eigenvalue weighted by Gasteiger charge is -2.35. The van der Waals surface area contributed by atoms with E-state index in [1.54, 1.807) is 5.20 Å². The van der Waals surface area contributed by atoms with Crippen LogP contribution in [0, 0.1) is 0 Å². The van der Waals surface area contributed by atoms with Crippen LogP contribution in [0.25, 0.3) is 0 Å². The van der Waals surface area contributed by atoms with Gasteiger partial charge in [0.1, 0.15) is 0 Å². The van der Waals surface area contributed by atoms with Gasteiger partial charge in [0.05, 0.1) is 0 Å². The highest BCUT2D eigenvalue weighted by Crippen LogP contribution is 2.18. The molecule has 0 nitrogen and oxygen atoms in total. The van der Waals surface area contributed by atoms with Gasteiger partial charge in [-0.15, -0.1) is 0 Å². The third-order valence-electron chi connectivity index (χ3n) is 5.47. The molecule has 0 unspecified atom stereocenters. The summed E-state index contributed by atoms with van der Waals surface area (Å²) in [6.45, 7) is 4.64. The average Bonchev–Trinajstić information content (AvgIpc) is 2.74. The van der Waals surface area contributed by atoms with E-state index in [1.807, 2.05) is 0 Å². The van der Waals surface area contributed by atoms with Gasteiger partial charge in [-0.05, 0) is 35.3 Å². The quantitative estimate of drug-likeness (QED) is 0.290. The molecule has 0 aliphatic carbocycles. The predicted octanol–water partition coefficient (Wildman–Crippen LogP) is 5.22. The van der Waals surface area contributed by atoms with Crippen molar-refractivity contribution >= 4 is 23.6 Å². The number of allylic oxidation sites excluding steroid dienone is 2. The molecule has 0 fully saturated rings. The van der Waals surface area contributed by atoms with Crippen molar-refractivity contribution in [2.75, 3.05) is 0 Å². The summed E-state index contributed by atoms with van der Waals surface area (Å²) >= 11 is 0. The maximum absolute atomic E-state index is 2.52. The molecular weight excluding hydrogens is 340 g/mol. The molecule has 0 N–H and O–H groups in total. The van der Waals surface area contributed by atoms with Crippen LogP contribution in [0.15, 0.2) is 102 Å². The number of rotatable bonds is 8. The number of hydrogen-bond donors (Lipinski definition) is 0. The lowest BCUT2D eigenvalue weighted by atomic mass is 10.2. The first-order valence-electron chi connectivity index (χ1n) is 10.1. The fraction of sp³-hybridized carbons (Fsp3) is 0.231. The summed E-state index contributed by atoms with van der Waals surface area (Å²) in [5, 5.41) is 5.94. The first-order chi connectivity index (χ1) is 13.3. The molecule has 0 aromatic heterocycles. The summed E-state index contributed by atoms with van der Waals surface area (Å²) in [5.41, 5.74) is 0. The van der Waals surface area contributed by atoms with Gasteiger partial charge in [-0.3, -0.25) is 0 Å². The Morgan fingerprint density at radius 3 is 1.44 bits per heavy atom. The van der Waals surface area contributed by atoms with Crippen LogP contribution >= 0.6 is 0 Å². The van der Waals surface area contributed by atoms with Gasteiger partial charge in [-0.2, -0.15) is 0 Å². The van der Waals surface area contributed by atoms with Gasteiger partial charge < -0.3 is 0 Å². The molecule has 3 aromatic carbocycles. The minimum Gasteiger partial charge on any atom is -0.0885 e. The zero-order chi connectivity index (χ0) is 19.0. The summed E-state index contributed by atoms with van der Waals surface area (Å²) < 4.78 is 0. The molecule has 0 saturated carbocycles. The maximum atomic E-state index is 2.52. The van der Waals surface area contributed by atoms with Crippen molar-refractivity contribution in [1.82, 2.24) is 0 Å². The van der Waals surface area contributed by atoms with Crippen LogP contribution in [-0.2, 0) is 0 Å². The number of hydrogen-bond acceptors (Lipinski definition) is 0. The highest BCUT2D eigenvalue weighted by Gasteiger charge is 2.40. The average molecular weight is 371 g/mol. The van der Waals surface area contributed by atoms with Crippen LogP contribution in [0.4, 0.5) is 0 Å². The van der Waals surface area contributed by atoms with Crippen LogP contribution in [0.3, 0.4) is 0 Å². The van der Waals surface area contributed by atoms with Crippen LogP contribution in [0.1, 0.15) is 39.5 Å². The molecule has 3 rings (SSSR count). The molecule has 0 bridgehead atoms. The Balaban J connectivity index is 2.23. The Bertz CT molecular complexity index is 738. The Hall–Kier alpha value is -2.38. The van der Waals surface area contributed by atoms with Gasteiger partial charge in [-0.1, -0.05) is 122 Å². The van der Waals surface area contributed by atoms with Crippen LogP contribution in [-0.4, -0.2) is 8.07 Å². The Kier molecular flexibility index (Phi) is 6.84. The van der Waals surface area contributed by atoms with Crippen molar-refractivity contribution in [3.05, 3.63) is 102 Å². The third kappa shape index (κ3) is 4.14. The Labute approximate surface area is 165 Å². The van der Waals surface area contributed by atoms with Crippen molar-refractivity contribution in [3.8, 4) is 0 Å². The molecule has 0 radical (unpaired) electrons. The van der Waals surface area contributed by atoms with E-state index in [0.29, 0.717) is 0 Å². The Morgan fingerprint density at radius 2 is 1.07 bits per heavy atom. The molecule has 0 spiro atoms. The second-order valence-electron chi connectivity index (χ2n) is 7.23. The normalized spacial score (nSPS) is 12.1. The molecule has 0 aliphatic heterocycles. The second kappa shape index (κ2) is 9.52. The molecule has 27 heavy (non-hydrogen) atoms. The monoisotopic (exact) mass is 370 g/mol. The fourth-order valence-electron chi connectivity index (χ4n) is 4.11. The van der Waals surface area contributed by atoms with E-state index in [4.69, 9.17) is 0 Å². The fourth-order valence-corrected chi connectivity index (χ4v) is 9.01. The first kappa shape index (κ1) is 19.4. The molecule has 3 aromatic rings. The molecule has 0 saturated heterocycles. The van der Waals surface area contributed by atoms with Gasteiger partial charge in [0.25, 0.3) is 0 Å². The molecule has 0 aliphatic rings. The van der Waals surface area contributed by atoms with E-state index in [2.05, 4.69) is 111 Å². The summed E-state index contributed by atoms with van der Waals surface area (Å²) in [7, 11) is -2.23. The van der Waals surface area contributed by atoms with Crippen molar-refractivity contribution in [1.29, 1.82) is 0 Å². The summed E-state index contributed by atoms with van der Waals surface area (Å²) in [5.74, 6) is 0. The Morgan fingerprint density at radius 1 is 0.667 bits per heavy atom. The van der Waals surface area contributed by atoms with E-state index >= 15 is 0 Å². The van der Waals surface area contributed by atoms with Crippen molar-refractivity contribution in [2.24, 2.45) is 0 Å². The van der Waals surface area contributed by atoms with Gasteiger partial charge in [0.2, 0.25) is 0 Å².